The van der Waals surface area contributed by atoms with Crippen molar-refractivity contribution < 1.29 is 24.9 Å². The molecule has 7 N–H and O–H groups in total. The summed E-state index contributed by atoms with van der Waals surface area (Å²) in [6.07, 6.45) is -3.42. The van der Waals surface area contributed by atoms with Gasteiger partial charge in [0.25, 0.3) is 0 Å². The summed E-state index contributed by atoms with van der Waals surface area (Å²) < 4.78 is 7.11. The van der Waals surface area contributed by atoms with Crippen LogP contribution in [0.1, 0.15) is 13.3 Å². The van der Waals surface area contributed by atoms with Gasteiger partial charge in [-0.05, 0) is 6.42 Å². The number of carbonyl (C=O) groups is 1. The van der Waals surface area contributed by atoms with E-state index in [2.05, 4.69) is 15.0 Å². The number of amides is 1. The van der Waals surface area contributed by atoms with Gasteiger partial charge < -0.3 is 31.5 Å². The minimum atomic E-state index is -1.78. The van der Waals surface area contributed by atoms with Crippen LogP contribution in [0.2, 0.25) is 0 Å². The molecule has 1 unspecified atom stereocenters. The molecular formula is C13H18N6O5. The van der Waals surface area contributed by atoms with Gasteiger partial charge in [0.1, 0.15) is 30.2 Å². The molecule has 11 heteroatoms. The van der Waals surface area contributed by atoms with Crippen LogP contribution in [-0.4, -0.2) is 65.2 Å². The van der Waals surface area contributed by atoms with Gasteiger partial charge in [0, 0.05) is 0 Å². The lowest BCUT2D eigenvalue weighted by molar-refractivity contribution is -0.166. The predicted octanol–water partition coefficient (Wildman–Crippen LogP) is -2.56. The molecule has 2 aromatic rings. The Bertz CT molecular complexity index is 781. The molecule has 1 aliphatic rings. The number of aromatic nitrogens is 4. The minimum Gasteiger partial charge on any atom is -0.387 e. The van der Waals surface area contributed by atoms with E-state index >= 15 is 0 Å². The third-order valence-electron chi connectivity index (χ3n) is 4.34. The number of hydrogen-bond donors (Lipinski definition) is 5. The molecule has 0 saturated carbocycles. The molecule has 0 spiro atoms. The van der Waals surface area contributed by atoms with Crippen LogP contribution in [0, 0.1) is 0 Å². The van der Waals surface area contributed by atoms with Gasteiger partial charge in [-0.1, -0.05) is 6.92 Å². The summed E-state index contributed by atoms with van der Waals surface area (Å²) >= 11 is 0. The molecule has 5 atom stereocenters. The normalized spacial score (nSPS) is 31.4. The third-order valence-corrected chi connectivity index (χ3v) is 4.34. The Hall–Kier alpha value is -2.34. The standard InChI is InChI=1S/C13H18N6O5/c1-2-13(9(22)6(20)8(24-13)7(21)11(15)23)19-4-18-5-10(14)16-3-17-12(5)19/h3-4,6-9,20-22H,2H2,1H3,(H2,15,23)(H2,14,16,17)/t6-,7?,8+,9-,13-/m1/s1. The van der Waals surface area contributed by atoms with Crippen LogP contribution in [0.3, 0.4) is 0 Å². The zero-order valence-electron chi connectivity index (χ0n) is 12.8. The van der Waals surface area contributed by atoms with Crippen molar-refractivity contribution in [2.75, 3.05) is 5.73 Å². The number of imidazole rings is 1. The average molecular weight is 338 g/mol. The molecule has 0 aromatic carbocycles. The summed E-state index contributed by atoms with van der Waals surface area (Å²) in [5, 5.41) is 30.6. The van der Waals surface area contributed by atoms with Crippen molar-refractivity contribution >= 4 is 22.9 Å². The lowest BCUT2D eigenvalue weighted by Crippen LogP contribution is -2.46. The van der Waals surface area contributed by atoms with Crippen LogP contribution in [0.15, 0.2) is 12.7 Å². The highest BCUT2D eigenvalue weighted by Crippen LogP contribution is 2.41. The molecular weight excluding hydrogens is 320 g/mol. The highest BCUT2D eigenvalue weighted by atomic mass is 16.6. The lowest BCUT2D eigenvalue weighted by atomic mass is 9.98. The Morgan fingerprint density at radius 3 is 2.79 bits per heavy atom. The Balaban J connectivity index is 2.12. The number of primary amides is 1. The fourth-order valence-electron chi connectivity index (χ4n) is 3.03. The predicted molar refractivity (Wildman–Crippen MR) is 80.1 cm³/mol. The van der Waals surface area contributed by atoms with E-state index in [9.17, 15) is 20.1 Å². The molecule has 24 heavy (non-hydrogen) atoms. The van der Waals surface area contributed by atoms with E-state index < -0.39 is 36.0 Å². The molecule has 3 rings (SSSR count). The van der Waals surface area contributed by atoms with E-state index in [-0.39, 0.29) is 17.9 Å². The average Bonchev–Trinajstić information content (AvgIpc) is 3.10. The maximum Gasteiger partial charge on any atom is 0.249 e. The number of anilines is 1. The lowest BCUT2D eigenvalue weighted by Gasteiger charge is -2.32. The second-order valence-electron chi connectivity index (χ2n) is 5.61. The summed E-state index contributed by atoms with van der Waals surface area (Å²) in [5.41, 5.74) is 9.89. The van der Waals surface area contributed by atoms with Crippen molar-refractivity contribution in [1.82, 2.24) is 19.5 Å². The first-order valence-corrected chi connectivity index (χ1v) is 7.28. The summed E-state index contributed by atoms with van der Waals surface area (Å²) in [4.78, 5) is 23.3. The summed E-state index contributed by atoms with van der Waals surface area (Å²) in [6, 6.07) is 0. The van der Waals surface area contributed by atoms with Gasteiger partial charge in [-0.2, -0.15) is 0 Å². The van der Waals surface area contributed by atoms with E-state index in [1.165, 1.54) is 17.2 Å². The molecule has 11 nitrogen and oxygen atoms in total. The van der Waals surface area contributed by atoms with Gasteiger partial charge >= 0.3 is 0 Å². The van der Waals surface area contributed by atoms with E-state index in [0.717, 1.165) is 0 Å². The van der Waals surface area contributed by atoms with Gasteiger partial charge in [-0.25, -0.2) is 15.0 Å². The maximum atomic E-state index is 11.2. The number of nitrogens with two attached hydrogens (primary N) is 2. The smallest absolute Gasteiger partial charge is 0.249 e. The SMILES string of the molecule is CC[C@@]1(n2cnc3c(N)ncnc32)O[C@H](C(O)C(N)=O)[C@@H](O)[C@H]1O. The number of aliphatic hydroxyl groups is 3. The van der Waals surface area contributed by atoms with Crippen molar-refractivity contribution in [3.05, 3.63) is 12.7 Å². The number of aliphatic hydroxyl groups excluding tert-OH is 3. The third kappa shape index (κ3) is 2.13. The van der Waals surface area contributed by atoms with Crippen molar-refractivity contribution in [2.24, 2.45) is 5.73 Å². The zero-order valence-corrected chi connectivity index (χ0v) is 12.8. The first-order valence-electron chi connectivity index (χ1n) is 7.28. The Kier molecular flexibility index (Phi) is 3.87. The number of ether oxygens (including phenoxy) is 1. The highest BCUT2D eigenvalue weighted by Gasteiger charge is 2.57. The van der Waals surface area contributed by atoms with Crippen molar-refractivity contribution in [3.8, 4) is 0 Å². The Morgan fingerprint density at radius 2 is 2.17 bits per heavy atom. The molecule has 2 aromatic heterocycles. The topological polar surface area (TPSA) is 183 Å². The van der Waals surface area contributed by atoms with Gasteiger partial charge in [0.2, 0.25) is 5.91 Å². The first-order chi connectivity index (χ1) is 11.3. The molecule has 1 amide bonds. The van der Waals surface area contributed by atoms with E-state index in [4.69, 9.17) is 16.2 Å². The molecule has 1 saturated heterocycles. The molecule has 0 aliphatic carbocycles. The monoisotopic (exact) mass is 338 g/mol. The molecule has 1 aliphatic heterocycles. The number of carbonyl (C=O) groups excluding carboxylic acids is 1. The van der Waals surface area contributed by atoms with Crippen LogP contribution in [0.25, 0.3) is 11.2 Å². The van der Waals surface area contributed by atoms with E-state index in [1.54, 1.807) is 6.92 Å². The summed E-state index contributed by atoms with van der Waals surface area (Å²) in [5.74, 6) is -0.924. The molecule has 0 radical (unpaired) electrons. The van der Waals surface area contributed by atoms with Gasteiger partial charge in [-0.15, -0.1) is 0 Å². The number of fused-ring (bicyclic) bond motifs is 1. The summed E-state index contributed by atoms with van der Waals surface area (Å²) in [7, 11) is 0. The molecule has 3 heterocycles. The summed E-state index contributed by atoms with van der Waals surface area (Å²) in [6.45, 7) is 1.70. The second-order valence-corrected chi connectivity index (χ2v) is 5.61. The Labute approximate surface area is 135 Å². The van der Waals surface area contributed by atoms with Crippen LogP contribution >= 0.6 is 0 Å². The number of nitrogen functional groups attached to an aromatic ring is 1. The van der Waals surface area contributed by atoms with Crippen LogP contribution in [0.5, 0.6) is 0 Å². The maximum absolute atomic E-state index is 11.2. The fraction of sp³-hybridized carbons (Fsp3) is 0.538. The zero-order chi connectivity index (χ0) is 17.6. The molecule has 1 fully saturated rings. The van der Waals surface area contributed by atoms with Gasteiger partial charge in [0.05, 0.1) is 6.33 Å². The van der Waals surface area contributed by atoms with Crippen molar-refractivity contribution in [1.29, 1.82) is 0 Å². The number of nitrogens with zero attached hydrogens (tertiary/aromatic N) is 4. The van der Waals surface area contributed by atoms with Crippen LogP contribution in [-0.2, 0) is 15.3 Å². The molecule has 130 valence electrons. The van der Waals surface area contributed by atoms with Crippen LogP contribution < -0.4 is 11.5 Å². The highest BCUT2D eigenvalue weighted by molar-refractivity contribution is 5.81. The quantitative estimate of drug-likeness (QED) is 0.400. The van der Waals surface area contributed by atoms with Gasteiger partial charge in [0.15, 0.2) is 23.3 Å². The largest absolute Gasteiger partial charge is 0.387 e. The number of rotatable bonds is 4. The van der Waals surface area contributed by atoms with Gasteiger partial charge in [-0.3, -0.25) is 9.36 Å². The van der Waals surface area contributed by atoms with Crippen molar-refractivity contribution in [3.63, 3.8) is 0 Å². The fourth-order valence-corrected chi connectivity index (χ4v) is 3.03. The Morgan fingerprint density at radius 1 is 1.46 bits per heavy atom. The first kappa shape index (κ1) is 16.5. The second kappa shape index (κ2) is 5.63. The minimum absolute atomic E-state index is 0.145. The van der Waals surface area contributed by atoms with E-state index in [1.807, 2.05) is 0 Å². The van der Waals surface area contributed by atoms with Crippen LogP contribution in [0.4, 0.5) is 5.82 Å². The number of hydrogen-bond acceptors (Lipinski definition) is 9. The van der Waals surface area contributed by atoms with E-state index in [0.29, 0.717) is 5.52 Å². The molecule has 0 bridgehead atoms. The van der Waals surface area contributed by atoms with Crippen molar-refractivity contribution in [2.45, 2.75) is 43.5 Å².